The molecule has 0 spiro atoms. The van der Waals surface area contributed by atoms with E-state index in [4.69, 9.17) is 4.74 Å². The van der Waals surface area contributed by atoms with Crippen LogP contribution in [-0.4, -0.2) is 62.3 Å². The fourth-order valence-electron chi connectivity index (χ4n) is 3.42. The predicted octanol–water partition coefficient (Wildman–Crippen LogP) is 2.58. The molecular weight excluding hydrogens is 446 g/mol. The molecule has 7 heteroatoms. The molecule has 1 heterocycles. The molecule has 0 aromatic heterocycles. The molecule has 0 radical (unpaired) electrons. The molecule has 0 amide bonds. The molecule has 2 aliphatic rings. The van der Waals surface area contributed by atoms with Gasteiger partial charge in [-0.05, 0) is 31.9 Å². The fraction of sp³-hybridized carbons (Fsp3) is 0.632. The Bertz CT molecular complexity index is 619. The van der Waals surface area contributed by atoms with E-state index < -0.39 is 0 Å². The number of hydrogen-bond donors (Lipinski definition) is 2. The normalized spacial score (nSPS) is 23.9. The number of nitrogens with one attached hydrogen (secondary N) is 2. The van der Waals surface area contributed by atoms with Crippen molar-refractivity contribution < 1.29 is 9.13 Å². The van der Waals surface area contributed by atoms with Gasteiger partial charge in [-0.2, -0.15) is 0 Å². The number of halogens is 2. The van der Waals surface area contributed by atoms with Crippen LogP contribution in [0.3, 0.4) is 0 Å². The maximum Gasteiger partial charge on any atom is 0.191 e. The Kier molecular flexibility index (Phi) is 7.66. The lowest BCUT2D eigenvalue weighted by Crippen LogP contribution is -2.56. The quantitative estimate of drug-likeness (QED) is 0.390. The summed E-state index contributed by atoms with van der Waals surface area (Å²) in [5.74, 6) is 0.894. The Labute approximate surface area is 172 Å². The van der Waals surface area contributed by atoms with Crippen molar-refractivity contribution in [2.24, 2.45) is 4.99 Å². The Hall–Kier alpha value is -0.930. The summed E-state index contributed by atoms with van der Waals surface area (Å²) in [5, 5.41) is 6.85. The maximum absolute atomic E-state index is 13.9. The molecule has 1 aliphatic carbocycles. The number of hydrogen-bond acceptors (Lipinski definition) is 3. The molecule has 1 saturated carbocycles. The van der Waals surface area contributed by atoms with Gasteiger partial charge in [0, 0.05) is 44.2 Å². The van der Waals surface area contributed by atoms with Gasteiger partial charge >= 0.3 is 0 Å². The van der Waals surface area contributed by atoms with E-state index in [1.165, 1.54) is 6.07 Å². The maximum atomic E-state index is 13.9. The highest BCUT2D eigenvalue weighted by atomic mass is 127. The molecule has 2 N–H and O–H groups in total. The van der Waals surface area contributed by atoms with Crippen LogP contribution < -0.4 is 10.6 Å². The first kappa shape index (κ1) is 21.4. The Morgan fingerprint density at radius 2 is 2.00 bits per heavy atom. The minimum Gasteiger partial charge on any atom is -0.379 e. The van der Waals surface area contributed by atoms with Crippen LogP contribution in [0.5, 0.6) is 0 Å². The smallest absolute Gasteiger partial charge is 0.191 e. The monoisotopic (exact) mass is 476 g/mol. The zero-order valence-corrected chi connectivity index (χ0v) is 18.1. The molecule has 1 aliphatic heterocycles. The van der Waals surface area contributed by atoms with Gasteiger partial charge in [-0.25, -0.2) is 4.39 Å². The fourth-order valence-corrected chi connectivity index (χ4v) is 3.42. The van der Waals surface area contributed by atoms with Crippen LogP contribution in [-0.2, 0) is 4.74 Å². The first-order valence-corrected chi connectivity index (χ1v) is 9.05. The number of nitrogens with zero attached hydrogens (tertiary/aromatic N) is 2. The lowest BCUT2D eigenvalue weighted by molar-refractivity contribution is -0.00834. The highest BCUT2D eigenvalue weighted by molar-refractivity contribution is 14.0. The van der Waals surface area contributed by atoms with Gasteiger partial charge < -0.3 is 15.4 Å². The number of morpholine rings is 1. The molecule has 2 unspecified atom stereocenters. The molecule has 146 valence electrons. The standard InChI is InChI=1S/C19H29FN4O.HI/c1-19(2,24-8-10-25-11-9-24)13-22-18(21-3)23-17-12-15(17)14-6-4-5-7-16(14)20;/h4-7,15,17H,8-13H2,1-3H3,(H2,21,22,23);1H. The van der Waals surface area contributed by atoms with Crippen LogP contribution in [0.1, 0.15) is 31.7 Å². The first-order chi connectivity index (χ1) is 12.0. The average Bonchev–Trinajstić information content (AvgIpc) is 3.38. The second kappa shape index (κ2) is 9.32. The molecule has 1 aromatic carbocycles. The second-order valence-electron chi connectivity index (χ2n) is 7.45. The van der Waals surface area contributed by atoms with Crippen LogP contribution in [0.25, 0.3) is 0 Å². The second-order valence-corrected chi connectivity index (χ2v) is 7.45. The van der Waals surface area contributed by atoms with Gasteiger partial charge in [0.1, 0.15) is 5.82 Å². The average molecular weight is 476 g/mol. The summed E-state index contributed by atoms with van der Waals surface area (Å²) in [6, 6.07) is 7.28. The summed E-state index contributed by atoms with van der Waals surface area (Å²) in [5.41, 5.74) is 0.819. The third-order valence-electron chi connectivity index (χ3n) is 5.20. The lowest BCUT2D eigenvalue weighted by atomic mass is 10.0. The largest absolute Gasteiger partial charge is 0.379 e. The Morgan fingerprint density at radius 1 is 1.31 bits per heavy atom. The van der Waals surface area contributed by atoms with Crippen LogP contribution >= 0.6 is 24.0 Å². The van der Waals surface area contributed by atoms with E-state index >= 15 is 0 Å². The van der Waals surface area contributed by atoms with Crippen molar-refractivity contribution in [3.63, 3.8) is 0 Å². The summed E-state index contributed by atoms with van der Waals surface area (Å²) in [7, 11) is 1.78. The third kappa shape index (κ3) is 5.29. The van der Waals surface area contributed by atoms with Crippen LogP contribution in [0.4, 0.5) is 4.39 Å². The topological polar surface area (TPSA) is 48.9 Å². The SMILES string of the molecule is CN=C(NCC(C)(C)N1CCOCC1)NC1CC1c1ccccc1F.I. The van der Waals surface area contributed by atoms with E-state index in [-0.39, 0.29) is 47.3 Å². The van der Waals surface area contributed by atoms with Crippen LogP contribution in [0, 0.1) is 5.82 Å². The minimum absolute atomic E-state index is 0. The predicted molar refractivity (Wildman–Crippen MR) is 114 cm³/mol. The molecule has 3 rings (SSSR count). The Balaban J connectivity index is 0.00000243. The number of benzene rings is 1. The number of rotatable bonds is 5. The van der Waals surface area contributed by atoms with Crippen molar-refractivity contribution in [3.05, 3.63) is 35.6 Å². The van der Waals surface area contributed by atoms with Crippen molar-refractivity contribution in [1.82, 2.24) is 15.5 Å². The van der Waals surface area contributed by atoms with Crippen LogP contribution in [0.15, 0.2) is 29.3 Å². The molecular formula is C19H30FIN4O. The molecule has 0 bridgehead atoms. The summed E-state index contributed by atoms with van der Waals surface area (Å²) in [6.07, 6.45) is 0.939. The van der Waals surface area contributed by atoms with E-state index in [0.717, 1.165) is 50.8 Å². The van der Waals surface area contributed by atoms with Crippen molar-refractivity contribution in [2.45, 2.75) is 37.8 Å². The Morgan fingerprint density at radius 3 is 2.65 bits per heavy atom. The zero-order valence-electron chi connectivity index (χ0n) is 15.8. The van der Waals surface area contributed by atoms with Gasteiger partial charge in [-0.15, -0.1) is 24.0 Å². The van der Waals surface area contributed by atoms with Gasteiger partial charge in [0.15, 0.2) is 5.96 Å². The molecule has 26 heavy (non-hydrogen) atoms. The van der Waals surface area contributed by atoms with Crippen molar-refractivity contribution >= 4 is 29.9 Å². The van der Waals surface area contributed by atoms with E-state index in [1.807, 2.05) is 12.1 Å². The third-order valence-corrected chi connectivity index (χ3v) is 5.20. The van der Waals surface area contributed by atoms with E-state index in [9.17, 15) is 4.39 Å². The molecule has 1 aromatic rings. The van der Waals surface area contributed by atoms with E-state index in [1.54, 1.807) is 13.1 Å². The molecule has 2 fully saturated rings. The van der Waals surface area contributed by atoms with Gasteiger partial charge in [-0.1, -0.05) is 18.2 Å². The molecule has 1 saturated heterocycles. The number of aliphatic imine (C=N–C) groups is 1. The van der Waals surface area contributed by atoms with Crippen LogP contribution in [0.2, 0.25) is 0 Å². The molecule has 2 atom stereocenters. The highest BCUT2D eigenvalue weighted by Crippen LogP contribution is 2.41. The van der Waals surface area contributed by atoms with Gasteiger partial charge in [-0.3, -0.25) is 9.89 Å². The first-order valence-electron chi connectivity index (χ1n) is 9.05. The van der Waals surface area contributed by atoms with Crippen molar-refractivity contribution in [1.29, 1.82) is 0 Å². The van der Waals surface area contributed by atoms with Gasteiger partial charge in [0.2, 0.25) is 0 Å². The van der Waals surface area contributed by atoms with Crippen molar-refractivity contribution in [2.75, 3.05) is 39.9 Å². The van der Waals surface area contributed by atoms with E-state index in [2.05, 4.69) is 34.4 Å². The summed E-state index contributed by atoms with van der Waals surface area (Å²) in [4.78, 5) is 6.76. The van der Waals surface area contributed by atoms with Gasteiger partial charge in [0.05, 0.1) is 13.2 Å². The molecule has 5 nitrogen and oxygen atoms in total. The summed E-state index contributed by atoms with van der Waals surface area (Å²) in [6.45, 7) is 8.77. The minimum atomic E-state index is -0.117. The summed E-state index contributed by atoms with van der Waals surface area (Å²) < 4.78 is 19.3. The van der Waals surface area contributed by atoms with E-state index in [0.29, 0.717) is 0 Å². The number of guanidine groups is 1. The lowest BCUT2D eigenvalue weighted by Gasteiger charge is -2.41. The highest BCUT2D eigenvalue weighted by Gasteiger charge is 2.40. The van der Waals surface area contributed by atoms with Gasteiger partial charge in [0.25, 0.3) is 0 Å². The summed E-state index contributed by atoms with van der Waals surface area (Å²) >= 11 is 0. The number of ether oxygens (including phenoxy) is 1. The zero-order chi connectivity index (χ0) is 17.9. The van der Waals surface area contributed by atoms with Crippen molar-refractivity contribution in [3.8, 4) is 0 Å².